The zero-order chi connectivity index (χ0) is 25.5. The zero-order valence-corrected chi connectivity index (χ0v) is 20.1. The number of esters is 1. The maximum Gasteiger partial charge on any atom is 0.343 e. The Morgan fingerprint density at radius 2 is 1.81 bits per heavy atom. The van der Waals surface area contributed by atoms with Gasteiger partial charge in [0.25, 0.3) is 5.91 Å². The Labute approximate surface area is 209 Å². The number of rotatable bonds is 8. The van der Waals surface area contributed by atoms with Crippen molar-refractivity contribution in [2.45, 2.75) is 19.8 Å². The molecule has 8 nitrogen and oxygen atoms in total. The zero-order valence-electron chi connectivity index (χ0n) is 20.1. The van der Waals surface area contributed by atoms with E-state index in [1.807, 2.05) is 56.3 Å². The van der Waals surface area contributed by atoms with Crippen LogP contribution in [-0.4, -0.2) is 37.1 Å². The Balaban J connectivity index is 1.43. The number of carbonyl (C=O) groups is 3. The third kappa shape index (κ3) is 5.78. The van der Waals surface area contributed by atoms with Crippen molar-refractivity contribution in [3.8, 4) is 11.5 Å². The molecule has 36 heavy (non-hydrogen) atoms. The van der Waals surface area contributed by atoms with E-state index in [2.05, 4.69) is 15.8 Å². The fraction of sp³-hybridized carbons (Fsp3) is 0.214. The van der Waals surface area contributed by atoms with Gasteiger partial charge in [0, 0.05) is 12.5 Å². The van der Waals surface area contributed by atoms with Crippen LogP contribution in [0.2, 0.25) is 0 Å². The minimum Gasteiger partial charge on any atom is -0.490 e. The summed E-state index contributed by atoms with van der Waals surface area (Å²) in [5.41, 5.74) is 5.47. The maximum atomic E-state index is 12.8. The highest BCUT2D eigenvalue weighted by molar-refractivity contribution is 6.03. The molecule has 0 spiro atoms. The van der Waals surface area contributed by atoms with Crippen LogP contribution in [-0.2, 0) is 9.59 Å². The molecule has 2 amide bonds. The SMILES string of the molecule is CCOc1cc(C=NNC(=O)[C@@H]2C(=O)NC[C@@H]2c2ccccc2)ccc1OC(=O)c1ccc(C)cc1. The Hall–Kier alpha value is -4.46. The van der Waals surface area contributed by atoms with Gasteiger partial charge < -0.3 is 14.8 Å². The van der Waals surface area contributed by atoms with Crippen molar-refractivity contribution < 1.29 is 23.9 Å². The number of aryl methyl sites for hydroxylation is 1. The van der Waals surface area contributed by atoms with Crippen molar-refractivity contribution in [1.29, 1.82) is 0 Å². The van der Waals surface area contributed by atoms with Crippen LogP contribution in [0.25, 0.3) is 0 Å². The molecule has 1 fully saturated rings. The van der Waals surface area contributed by atoms with E-state index in [0.717, 1.165) is 11.1 Å². The van der Waals surface area contributed by atoms with E-state index < -0.39 is 17.8 Å². The lowest BCUT2D eigenvalue weighted by Gasteiger charge is -2.15. The van der Waals surface area contributed by atoms with Gasteiger partial charge in [0.1, 0.15) is 5.92 Å². The lowest BCUT2D eigenvalue weighted by atomic mass is 9.88. The molecule has 2 atom stereocenters. The summed E-state index contributed by atoms with van der Waals surface area (Å²) in [6.45, 7) is 4.52. The van der Waals surface area contributed by atoms with E-state index in [-0.39, 0.29) is 17.6 Å². The fourth-order valence-electron chi connectivity index (χ4n) is 3.98. The highest BCUT2D eigenvalue weighted by Crippen LogP contribution is 2.30. The van der Waals surface area contributed by atoms with Gasteiger partial charge in [-0.2, -0.15) is 5.10 Å². The van der Waals surface area contributed by atoms with Gasteiger partial charge in [-0.3, -0.25) is 9.59 Å². The second-order valence-corrected chi connectivity index (χ2v) is 8.37. The van der Waals surface area contributed by atoms with Crippen molar-refractivity contribution in [3.63, 3.8) is 0 Å². The number of hydrogen-bond acceptors (Lipinski definition) is 6. The van der Waals surface area contributed by atoms with E-state index in [1.165, 1.54) is 6.21 Å². The van der Waals surface area contributed by atoms with E-state index in [0.29, 0.717) is 30.0 Å². The molecule has 0 bridgehead atoms. The molecule has 1 saturated heterocycles. The van der Waals surface area contributed by atoms with Crippen molar-refractivity contribution in [1.82, 2.24) is 10.7 Å². The molecule has 3 aromatic carbocycles. The van der Waals surface area contributed by atoms with Crippen LogP contribution >= 0.6 is 0 Å². The first-order valence-corrected chi connectivity index (χ1v) is 11.7. The average Bonchev–Trinajstić information content (AvgIpc) is 3.28. The van der Waals surface area contributed by atoms with Crippen LogP contribution in [0.15, 0.2) is 77.9 Å². The minimum atomic E-state index is -0.868. The molecule has 4 rings (SSSR count). The Morgan fingerprint density at radius 1 is 1.06 bits per heavy atom. The smallest absolute Gasteiger partial charge is 0.343 e. The summed E-state index contributed by atoms with van der Waals surface area (Å²) in [4.78, 5) is 37.6. The lowest BCUT2D eigenvalue weighted by molar-refractivity contribution is -0.133. The normalized spacial score (nSPS) is 17.0. The van der Waals surface area contributed by atoms with Crippen molar-refractivity contribution >= 4 is 24.0 Å². The summed E-state index contributed by atoms with van der Waals surface area (Å²) >= 11 is 0. The van der Waals surface area contributed by atoms with E-state index in [4.69, 9.17) is 9.47 Å². The van der Waals surface area contributed by atoms with Gasteiger partial charge in [0.05, 0.1) is 18.4 Å². The fourth-order valence-corrected chi connectivity index (χ4v) is 3.98. The molecule has 0 aromatic heterocycles. The lowest BCUT2D eigenvalue weighted by Crippen LogP contribution is -2.34. The van der Waals surface area contributed by atoms with Gasteiger partial charge >= 0.3 is 5.97 Å². The Morgan fingerprint density at radius 3 is 2.53 bits per heavy atom. The minimum absolute atomic E-state index is 0.263. The molecule has 0 saturated carbocycles. The van der Waals surface area contributed by atoms with E-state index in [1.54, 1.807) is 30.3 Å². The third-order valence-corrected chi connectivity index (χ3v) is 5.84. The summed E-state index contributed by atoms with van der Waals surface area (Å²) < 4.78 is 11.2. The summed E-state index contributed by atoms with van der Waals surface area (Å²) in [7, 11) is 0. The average molecular weight is 486 g/mol. The molecule has 184 valence electrons. The van der Waals surface area contributed by atoms with Crippen LogP contribution < -0.4 is 20.2 Å². The molecule has 3 aromatic rings. The molecule has 8 heteroatoms. The van der Waals surface area contributed by atoms with Crippen LogP contribution in [0.4, 0.5) is 0 Å². The Kier molecular flexibility index (Phi) is 7.75. The maximum absolute atomic E-state index is 12.8. The molecule has 0 aliphatic carbocycles. The van der Waals surface area contributed by atoms with Crippen molar-refractivity contribution in [2.75, 3.05) is 13.2 Å². The second-order valence-electron chi connectivity index (χ2n) is 8.37. The predicted molar refractivity (Wildman–Crippen MR) is 135 cm³/mol. The third-order valence-electron chi connectivity index (χ3n) is 5.84. The van der Waals surface area contributed by atoms with Crippen LogP contribution in [0.5, 0.6) is 11.5 Å². The van der Waals surface area contributed by atoms with Crippen molar-refractivity contribution in [2.24, 2.45) is 11.0 Å². The molecule has 1 aliphatic heterocycles. The molecule has 0 radical (unpaired) electrons. The first kappa shape index (κ1) is 24.7. The van der Waals surface area contributed by atoms with E-state index >= 15 is 0 Å². The Bertz CT molecular complexity index is 1270. The molecular formula is C28H27N3O5. The summed E-state index contributed by atoms with van der Waals surface area (Å²) in [5, 5.41) is 6.78. The van der Waals surface area contributed by atoms with Gasteiger partial charge in [-0.1, -0.05) is 48.0 Å². The molecule has 2 N–H and O–H groups in total. The van der Waals surface area contributed by atoms with Gasteiger partial charge in [0.15, 0.2) is 11.5 Å². The van der Waals surface area contributed by atoms with Gasteiger partial charge in [-0.15, -0.1) is 0 Å². The van der Waals surface area contributed by atoms with Gasteiger partial charge in [-0.05, 0) is 55.3 Å². The summed E-state index contributed by atoms with van der Waals surface area (Å²) in [6, 6.07) is 21.5. The number of ether oxygens (including phenoxy) is 2. The monoisotopic (exact) mass is 485 g/mol. The predicted octanol–water partition coefficient (Wildman–Crippen LogP) is 3.59. The molecular weight excluding hydrogens is 458 g/mol. The first-order chi connectivity index (χ1) is 17.5. The molecule has 0 unspecified atom stereocenters. The first-order valence-electron chi connectivity index (χ1n) is 11.7. The highest BCUT2D eigenvalue weighted by atomic mass is 16.6. The molecule has 1 aliphatic rings. The largest absolute Gasteiger partial charge is 0.490 e. The number of nitrogens with one attached hydrogen (secondary N) is 2. The summed E-state index contributed by atoms with van der Waals surface area (Å²) in [6.07, 6.45) is 1.44. The topological polar surface area (TPSA) is 106 Å². The highest BCUT2D eigenvalue weighted by Gasteiger charge is 2.40. The van der Waals surface area contributed by atoms with Gasteiger partial charge in [-0.25, -0.2) is 10.2 Å². The second kappa shape index (κ2) is 11.3. The number of carbonyl (C=O) groups excluding carboxylic acids is 3. The number of nitrogens with zero attached hydrogens (tertiary/aromatic N) is 1. The van der Waals surface area contributed by atoms with Crippen LogP contribution in [0.1, 0.15) is 39.9 Å². The quantitative estimate of drug-likeness (QED) is 0.167. The van der Waals surface area contributed by atoms with Crippen LogP contribution in [0.3, 0.4) is 0 Å². The van der Waals surface area contributed by atoms with Crippen molar-refractivity contribution in [3.05, 3.63) is 95.1 Å². The number of benzene rings is 3. The standard InChI is InChI=1S/C28H27N3O5/c1-3-35-24-15-19(11-14-23(24)36-28(34)21-12-9-18(2)10-13-21)16-30-31-27(33)25-22(17-29-26(25)32)20-7-5-4-6-8-20/h4-16,22,25H,3,17H2,1-2H3,(H,29,32)(H,31,33)/t22-,25+/m1/s1. The number of amides is 2. The van der Waals surface area contributed by atoms with Gasteiger partial charge in [0.2, 0.25) is 5.91 Å². The molecule has 1 heterocycles. The summed E-state index contributed by atoms with van der Waals surface area (Å²) in [5.74, 6) is -1.79. The number of hydrogen-bond donors (Lipinski definition) is 2. The van der Waals surface area contributed by atoms with E-state index in [9.17, 15) is 14.4 Å². The van der Waals surface area contributed by atoms with Crippen LogP contribution in [0, 0.1) is 12.8 Å². The number of hydrazone groups is 1.